The first-order valence-corrected chi connectivity index (χ1v) is 25.3. The van der Waals surface area contributed by atoms with Gasteiger partial charge in [0.25, 0.3) is 0 Å². The molecule has 0 heterocycles. The van der Waals surface area contributed by atoms with Crippen LogP contribution in [-0.2, 0) is 27.2 Å². The van der Waals surface area contributed by atoms with E-state index in [0.717, 1.165) is 77.5 Å². The third-order valence-corrected chi connectivity index (χ3v) is 13.3. The standard InChI is InChI=1S/C39H88N6O6P2/c1-3-5-7-9-11-13-15-17-34-48-52(46,38-32-44(28-19-24-40)29-20-25-41)50-36-23-37-51-53(47,39-33-45(30-21-26-42)31-22-27-43)49-35-18-16-14-12-10-8-6-4-2/h3-43H2,1-2H3. The molecule has 0 aliphatic heterocycles. The molecule has 0 bridgehead atoms. The third kappa shape index (κ3) is 33.9. The lowest BCUT2D eigenvalue weighted by molar-refractivity contribution is 0.165. The Hall–Kier alpha value is 0.0600. The van der Waals surface area contributed by atoms with Crippen LogP contribution >= 0.6 is 15.2 Å². The monoisotopic (exact) mass is 799 g/mol. The van der Waals surface area contributed by atoms with Crippen molar-refractivity contribution in [1.29, 1.82) is 0 Å². The van der Waals surface area contributed by atoms with Crippen LogP contribution in [0.3, 0.4) is 0 Å². The molecule has 0 saturated carbocycles. The normalized spacial score (nSPS) is 14.3. The number of unbranched alkanes of at least 4 members (excludes halogenated alkanes) is 14. The average Bonchev–Trinajstić information content (AvgIpc) is 3.16. The van der Waals surface area contributed by atoms with Gasteiger partial charge in [0.2, 0.25) is 0 Å². The summed E-state index contributed by atoms with van der Waals surface area (Å²) in [6.45, 7) is 12.6. The van der Waals surface area contributed by atoms with Crippen molar-refractivity contribution in [3.63, 3.8) is 0 Å². The largest absolute Gasteiger partial charge is 0.331 e. The summed E-state index contributed by atoms with van der Waals surface area (Å²) in [7, 11) is -6.72. The summed E-state index contributed by atoms with van der Waals surface area (Å²) < 4.78 is 52.2. The zero-order chi connectivity index (χ0) is 39.1. The van der Waals surface area contributed by atoms with Crippen molar-refractivity contribution in [3.8, 4) is 0 Å². The molecule has 2 atom stereocenters. The van der Waals surface area contributed by atoms with Crippen LogP contribution in [0, 0.1) is 0 Å². The van der Waals surface area contributed by atoms with E-state index in [2.05, 4.69) is 23.6 Å². The molecule has 0 saturated heterocycles. The van der Waals surface area contributed by atoms with Crippen LogP contribution < -0.4 is 22.9 Å². The first kappa shape index (κ1) is 53.1. The van der Waals surface area contributed by atoms with Crippen molar-refractivity contribution in [3.05, 3.63) is 0 Å². The van der Waals surface area contributed by atoms with E-state index in [1.54, 1.807) is 0 Å². The minimum atomic E-state index is -3.36. The highest BCUT2D eigenvalue weighted by atomic mass is 31.2. The summed E-state index contributed by atoms with van der Waals surface area (Å²) in [6, 6.07) is 0. The molecule has 0 aliphatic carbocycles. The second-order valence-corrected chi connectivity index (χ2v) is 18.9. The quantitative estimate of drug-likeness (QED) is 0.0344. The Morgan fingerprint density at radius 2 is 0.623 bits per heavy atom. The van der Waals surface area contributed by atoms with Gasteiger partial charge in [-0.15, -0.1) is 0 Å². The van der Waals surface area contributed by atoms with Crippen LogP contribution in [0.2, 0.25) is 0 Å². The lowest BCUT2D eigenvalue weighted by Crippen LogP contribution is -2.31. The smallest absolute Gasteiger partial charge is 0.330 e. The maximum atomic E-state index is 14.0. The molecule has 0 aromatic heterocycles. The first-order chi connectivity index (χ1) is 25.8. The number of hydrogen-bond acceptors (Lipinski definition) is 12. The molecule has 53 heavy (non-hydrogen) atoms. The summed E-state index contributed by atoms with van der Waals surface area (Å²) in [5, 5.41) is 0. The minimum absolute atomic E-state index is 0.192. The predicted molar refractivity (Wildman–Crippen MR) is 226 cm³/mol. The van der Waals surface area contributed by atoms with Gasteiger partial charge in [-0.05, 0) is 97.3 Å². The van der Waals surface area contributed by atoms with Crippen molar-refractivity contribution < 1.29 is 27.2 Å². The maximum absolute atomic E-state index is 14.0. The molecule has 320 valence electrons. The molecule has 0 spiro atoms. The van der Waals surface area contributed by atoms with E-state index < -0.39 is 15.2 Å². The summed E-state index contributed by atoms with van der Waals surface area (Å²) in [6.07, 6.45) is 23.4. The van der Waals surface area contributed by atoms with Gasteiger partial charge in [-0.3, -0.25) is 9.13 Å². The molecular weight excluding hydrogens is 710 g/mol. The zero-order valence-electron chi connectivity index (χ0n) is 34.7. The van der Waals surface area contributed by atoms with Crippen molar-refractivity contribution in [1.82, 2.24) is 9.80 Å². The topological polar surface area (TPSA) is 182 Å². The Kier molecular flexibility index (Phi) is 39.0. The van der Waals surface area contributed by atoms with Gasteiger partial charge in [-0.2, -0.15) is 0 Å². The highest BCUT2D eigenvalue weighted by Crippen LogP contribution is 2.50. The van der Waals surface area contributed by atoms with Gasteiger partial charge >= 0.3 is 15.2 Å². The lowest BCUT2D eigenvalue weighted by Gasteiger charge is -2.26. The van der Waals surface area contributed by atoms with Gasteiger partial charge in [0.05, 0.1) is 38.8 Å². The van der Waals surface area contributed by atoms with Crippen LogP contribution in [-0.4, -0.2) is 114 Å². The summed E-state index contributed by atoms with van der Waals surface area (Å²) in [5.41, 5.74) is 23.1. The van der Waals surface area contributed by atoms with Crippen LogP contribution in [0.15, 0.2) is 0 Å². The van der Waals surface area contributed by atoms with Crippen LogP contribution in [0.4, 0.5) is 0 Å². The van der Waals surface area contributed by atoms with Crippen molar-refractivity contribution in [2.75, 3.05) is 104 Å². The number of rotatable bonds is 44. The second kappa shape index (κ2) is 38.9. The Morgan fingerprint density at radius 3 is 0.906 bits per heavy atom. The Labute approximate surface area is 327 Å². The number of nitrogens with zero attached hydrogens (tertiary/aromatic N) is 2. The number of hydrogen-bond donors (Lipinski definition) is 4. The summed E-state index contributed by atoms with van der Waals surface area (Å²) in [5.74, 6) is 0. The van der Waals surface area contributed by atoms with Crippen LogP contribution in [0.1, 0.15) is 149 Å². The number of nitrogens with two attached hydrogens (primary N) is 4. The SMILES string of the molecule is CCCCCCCCCCOP(=O)(CCN(CCCN)CCCN)OCCCOP(=O)(CCN(CCCN)CCCN)OCCCCCCCCCC. The molecule has 0 aromatic rings. The van der Waals surface area contributed by atoms with Crippen LogP contribution in [0.25, 0.3) is 0 Å². The summed E-state index contributed by atoms with van der Waals surface area (Å²) >= 11 is 0. The average molecular weight is 799 g/mol. The molecule has 0 amide bonds. The predicted octanol–water partition coefficient (Wildman–Crippen LogP) is 8.11. The fourth-order valence-electron chi connectivity index (χ4n) is 6.14. The van der Waals surface area contributed by atoms with Crippen molar-refractivity contribution in [2.45, 2.75) is 149 Å². The molecule has 0 rings (SSSR count). The van der Waals surface area contributed by atoms with Crippen molar-refractivity contribution >= 4 is 15.2 Å². The van der Waals surface area contributed by atoms with Gasteiger partial charge in [0, 0.05) is 13.1 Å². The molecule has 0 fully saturated rings. The summed E-state index contributed by atoms with van der Waals surface area (Å²) in [4.78, 5) is 4.51. The van der Waals surface area contributed by atoms with E-state index in [-0.39, 0.29) is 13.2 Å². The van der Waals surface area contributed by atoms with Gasteiger partial charge in [-0.1, -0.05) is 104 Å². The lowest BCUT2D eigenvalue weighted by atomic mass is 10.1. The van der Waals surface area contributed by atoms with Gasteiger partial charge < -0.3 is 50.8 Å². The fourth-order valence-corrected chi connectivity index (χ4v) is 9.49. The van der Waals surface area contributed by atoms with E-state index in [4.69, 9.17) is 41.0 Å². The molecule has 0 aromatic carbocycles. The Balaban J connectivity index is 5.22. The third-order valence-electron chi connectivity index (χ3n) is 9.53. The molecular formula is C39H88N6O6P2. The highest BCUT2D eigenvalue weighted by Gasteiger charge is 2.28. The van der Waals surface area contributed by atoms with Crippen LogP contribution in [0.5, 0.6) is 0 Å². The molecule has 2 unspecified atom stereocenters. The molecule has 0 radical (unpaired) electrons. The second-order valence-electron chi connectivity index (χ2n) is 14.6. The van der Waals surface area contributed by atoms with E-state index >= 15 is 0 Å². The van der Waals surface area contributed by atoms with Gasteiger partial charge in [0.15, 0.2) is 0 Å². The molecule has 14 heteroatoms. The van der Waals surface area contributed by atoms with Gasteiger partial charge in [0.1, 0.15) is 0 Å². The van der Waals surface area contributed by atoms with Gasteiger partial charge in [-0.25, -0.2) is 0 Å². The Bertz CT molecular complexity index is 783. The fraction of sp³-hybridized carbons (Fsp3) is 1.00. The van der Waals surface area contributed by atoms with E-state index in [9.17, 15) is 9.13 Å². The zero-order valence-corrected chi connectivity index (χ0v) is 36.5. The van der Waals surface area contributed by atoms with E-state index in [1.165, 1.54) is 77.0 Å². The molecule has 12 nitrogen and oxygen atoms in total. The highest BCUT2D eigenvalue weighted by molar-refractivity contribution is 7.54. The Morgan fingerprint density at radius 1 is 0.358 bits per heavy atom. The maximum Gasteiger partial charge on any atom is 0.331 e. The minimum Gasteiger partial charge on any atom is -0.330 e. The molecule has 0 aliphatic rings. The van der Waals surface area contributed by atoms with E-state index in [1.807, 2.05) is 0 Å². The van der Waals surface area contributed by atoms with Crippen molar-refractivity contribution in [2.24, 2.45) is 22.9 Å². The molecule has 8 N–H and O–H groups in total. The van der Waals surface area contributed by atoms with E-state index in [0.29, 0.717) is 71.2 Å². The first-order valence-electron chi connectivity index (χ1n) is 21.8.